The molecule has 0 aliphatic heterocycles. The third-order valence-electron chi connectivity index (χ3n) is 1.61. The largest absolute Gasteiger partial charge is 0.459 e. The molecule has 0 fully saturated rings. The van der Waals surface area contributed by atoms with Gasteiger partial charge < -0.3 is 4.74 Å². The Bertz CT molecular complexity index is 413. The molecule has 0 aliphatic rings. The molecule has 0 amide bonds. The van der Waals surface area contributed by atoms with Crippen LogP contribution in [0.1, 0.15) is 11.1 Å². The summed E-state index contributed by atoms with van der Waals surface area (Å²) in [5.74, 6) is 4.58. The van der Waals surface area contributed by atoms with E-state index in [0.29, 0.717) is 0 Å². The summed E-state index contributed by atoms with van der Waals surface area (Å²) in [4.78, 5) is 10.8. The van der Waals surface area contributed by atoms with Crippen LogP contribution in [0.4, 0.5) is 0 Å². The molecule has 0 saturated carbocycles. The summed E-state index contributed by atoms with van der Waals surface area (Å²) >= 11 is 3.35. The zero-order valence-electron chi connectivity index (χ0n) is 7.93. The minimum Gasteiger partial charge on any atom is -0.459 e. The van der Waals surface area contributed by atoms with Crippen LogP contribution in [0.2, 0.25) is 0 Å². The standard InChI is InChI=1S/C11H9BrO2/c1-8-3-5-10(12)9(7-8)4-6-11(13)14-2/h3,5,7H,1-2H3. The highest BCUT2D eigenvalue weighted by molar-refractivity contribution is 9.10. The highest BCUT2D eigenvalue weighted by atomic mass is 79.9. The van der Waals surface area contributed by atoms with E-state index < -0.39 is 5.97 Å². The van der Waals surface area contributed by atoms with Crippen LogP contribution in [0.5, 0.6) is 0 Å². The lowest BCUT2D eigenvalue weighted by atomic mass is 10.1. The van der Waals surface area contributed by atoms with Crippen molar-refractivity contribution in [3.8, 4) is 11.8 Å². The molecule has 1 rings (SSSR count). The van der Waals surface area contributed by atoms with Gasteiger partial charge in [-0.2, -0.15) is 0 Å². The number of methoxy groups -OCH3 is 1. The molecule has 0 radical (unpaired) electrons. The minimum atomic E-state index is -0.529. The SMILES string of the molecule is COC(=O)C#Cc1cc(C)ccc1Br. The Morgan fingerprint density at radius 1 is 1.50 bits per heavy atom. The van der Waals surface area contributed by atoms with E-state index in [2.05, 4.69) is 32.5 Å². The van der Waals surface area contributed by atoms with Crippen LogP contribution in [0.25, 0.3) is 0 Å². The first-order valence-electron chi connectivity index (χ1n) is 3.99. The Labute approximate surface area is 91.4 Å². The number of esters is 1. The van der Waals surface area contributed by atoms with Crippen molar-refractivity contribution in [1.29, 1.82) is 0 Å². The van der Waals surface area contributed by atoms with Crippen molar-refractivity contribution >= 4 is 21.9 Å². The highest BCUT2D eigenvalue weighted by Gasteiger charge is 1.97. The zero-order chi connectivity index (χ0) is 10.6. The van der Waals surface area contributed by atoms with Crippen molar-refractivity contribution < 1.29 is 9.53 Å². The van der Waals surface area contributed by atoms with Gasteiger partial charge >= 0.3 is 5.97 Å². The molecule has 0 aromatic heterocycles. The predicted octanol–water partition coefficient (Wildman–Crippen LogP) is 2.28. The van der Waals surface area contributed by atoms with Crippen molar-refractivity contribution in [2.45, 2.75) is 6.92 Å². The lowest BCUT2D eigenvalue weighted by Crippen LogP contribution is -1.94. The topological polar surface area (TPSA) is 26.3 Å². The molecule has 14 heavy (non-hydrogen) atoms. The molecule has 72 valence electrons. The summed E-state index contributed by atoms with van der Waals surface area (Å²) in [5.41, 5.74) is 1.89. The van der Waals surface area contributed by atoms with Gasteiger partial charge in [-0.05, 0) is 40.5 Å². The highest BCUT2D eigenvalue weighted by Crippen LogP contribution is 2.16. The summed E-state index contributed by atoms with van der Waals surface area (Å²) in [6.07, 6.45) is 0. The maximum absolute atomic E-state index is 10.8. The van der Waals surface area contributed by atoms with E-state index in [1.165, 1.54) is 7.11 Å². The van der Waals surface area contributed by atoms with E-state index in [4.69, 9.17) is 0 Å². The number of carbonyl (C=O) groups is 1. The first kappa shape index (κ1) is 10.8. The number of halogens is 1. The van der Waals surface area contributed by atoms with Crippen molar-refractivity contribution in [3.05, 3.63) is 33.8 Å². The fraction of sp³-hybridized carbons (Fsp3) is 0.182. The maximum Gasteiger partial charge on any atom is 0.384 e. The Morgan fingerprint density at radius 2 is 2.21 bits per heavy atom. The average Bonchev–Trinajstić information content (AvgIpc) is 2.19. The van der Waals surface area contributed by atoms with Crippen molar-refractivity contribution in [2.24, 2.45) is 0 Å². The fourth-order valence-corrected chi connectivity index (χ4v) is 1.25. The van der Waals surface area contributed by atoms with Gasteiger partial charge in [-0.15, -0.1) is 0 Å². The van der Waals surface area contributed by atoms with E-state index in [-0.39, 0.29) is 0 Å². The first-order valence-corrected chi connectivity index (χ1v) is 4.79. The lowest BCUT2D eigenvalue weighted by molar-refractivity contribution is -0.133. The van der Waals surface area contributed by atoms with Crippen LogP contribution >= 0.6 is 15.9 Å². The Balaban J connectivity index is 3.00. The molecule has 0 spiro atoms. The summed E-state index contributed by atoms with van der Waals surface area (Å²) in [6, 6.07) is 5.77. The molecule has 0 unspecified atom stereocenters. The Morgan fingerprint density at radius 3 is 2.86 bits per heavy atom. The van der Waals surface area contributed by atoms with Crippen LogP contribution in [0.3, 0.4) is 0 Å². The summed E-state index contributed by atoms with van der Waals surface area (Å²) in [5, 5.41) is 0. The van der Waals surface area contributed by atoms with E-state index >= 15 is 0 Å². The third kappa shape index (κ3) is 2.90. The quantitative estimate of drug-likeness (QED) is 0.523. The molecule has 0 heterocycles. The average molecular weight is 253 g/mol. The van der Waals surface area contributed by atoms with Crippen molar-refractivity contribution in [1.82, 2.24) is 0 Å². The van der Waals surface area contributed by atoms with Crippen LogP contribution in [-0.4, -0.2) is 13.1 Å². The molecule has 1 aromatic carbocycles. The summed E-state index contributed by atoms with van der Waals surface area (Å²) < 4.78 is 5.29. The molecule has 0 aliphatic carbocycles. The second-order valence-electron chi connectivity index (χ2n) is 2.72. The predicted molar refractivity (Wildman–Crippen MR) is 57.8 cm³/mol. The van der Waals surface area contributed by atoms with Gasteiger partial charge in [0.05, 0.1) is 7.11 Å². The number of rotatable bonds is 0. The molecule has 3 heteroatoms. The monoisotopic (exact) mass is 252 g/mol. The smallest absolute Gasteiger partial charge is 0.384 e. The van der Waals surface area contributed by atoms with Crippen LogP contribution in [0.15, 0.2) is 22.7 Å². The normalized spacial score (nSPS) is 8.79. The van der Waals surface area contributed by atoms with Gasteiger partial charge in [0.2, 0.25) is 0 Å². The van der Waals surface area contributed by atoms with Gasteiger partial charge in [0.15, 0.2) is 0 Å². The van der Waals surface area contributed by atoms with Gasteiger partial charge in [-0.25, -0.2) is 4.79 Å². The zero-order valence-corrected chi connectivity index (χ0v) is 9.51. The molecule has 0 bridgehead atoms. The number of carbonyl (C=O) groups excluding carboxylic acids is 1. The third-order valence-corrected chi connectivity index (χ3v) is 2.30. The van der Waals surface area contributed by atoms with E-state index in [1.54, 1.807) is 0 Å². The number of hydrogen-bond donors (Lipinski definition) is 0. The fourth-order valence-electron chi connectivity index (χ4n) is 0.904. The minimum absolute atomic E-state index is 0.529. The summed E-state index contributed by atoms with van der Waals surface area (Å²) in [6.45, 7) is 1.97. The Kier molecular flexibility index (Phi) is 3.73. The Hall–Kier alpha value is -1.27. The molecule has 2 nitrogen and oxygen atoms in total. The van der Waals surface area contributed by atoms with Crippen molar-refractivity contribution in [2.75, 3.05) is 7.11 Å². The summed E-state index contributed by atoms with van der Waals surface area (Å²) in [7, 11) is 1.31. The maximum atomic E-state index is 10.8. The molecule has 1 aromatic rings. The second kappa shape index (κ2) is 4.83. The van der Waals surface area contributed by atoms with Crippen LogP contribution < -0.4 is 0 Å². The second-order valence-corrected chi connectivity index (χ2v) is 3.58. The van der Waals surface area contributed by atoms with Crippen LogP contribution in [0, 0.1) is 18.8 Å². The van der Waals surface area contributed by atoms with Crippen LogP contribution in [-0.2, 0) is 9.53 Å². The molecular formula is C11H9BrO2. The molecular weight excluding hydrogens is 244 g/mol. The lowest BCUT2D eigenvalue weighted by Gasteiger charge is -1.97. The van der Waals surface area contributed by atoms with Gasteiger partial charge in [-0.3, -0.25) is 0 Å². The number of aryl methyl sites for hydroxylation is 1. The van der Waals surface area contributed by atoms with E-state index in [9.17, 15) is 4.79 Å². The van der Waals surface area contributed by atoms with E-state index in [0.717, 1.165) is 15.6 Å². The van der Waals surface area contributed by atoms with Crippen molar-refractivity contribution in [3.63, 3.8) is 0 Å². The number of ether oxygens (including phenoxy) is 1. The number of hydrogen-bond acceptors (Lipinski definition) is 2. The van der Waals surface area contributed by atoms with Gasteiger partial charge in [0.25, 0.3) is 0 Å². The van der Waals surface area contributed by atoms with Gasteiger partial charge in [0.1, 0.15) is 0 Å². The number of benzene rings is 1. The molecule has 0 N–H and O–H groups in total. The van der Waals surface area contributed by atoms with Gasteiger partial charge in [-0.1, -0.05) is 12.0 Å². The molecule has 0 saturated heterocycles. The molecule has 0 atom stereocenters. The van der Waals surface area contributed by atoms with Gasteiger partial charge in [0, 0.05) is 16.0 Å². The first-order chi connectivity index (χ1) is 6.63. The van der Waals surface area contributed by atoms with E-state index in [1.807, 2.05) is 25.1 Å².